The number of carbonyl (C=O) groups is 1. The summed E-state index contributed by atoms with van der Waals surface area (Å²) in [7, 11) is 1.88. The number of fused-ring (bicyclic) bond motifs is 1. The minimum Gasteiger partial charge on any atom is -0.393 e. The number of hydrogen-bond donors (Lipinski definition) is 3. The van der Waals surface area contributed by atoms with Crippen LogP contribution in [0.5, 0.6) is 0 Å². The molecule has 0 bridgehead atoms. The Hall–Kier alpha value is -2.74. The summed E-state index contributed by atoms with van der Waals surface area (Å²) in [4.78, 5) is 15.4. The molecule has 0 radical (unpaired) electrons. The number of aryl methyl sites for hydroxylation is 1. The third-order valence-electron chi connectivity index (χ3n) is 5.19. The van der Waals surface area contributed by atoms with Crippen molar-refractivity contribution in [3.8, 4) is 0 Å². The molecule has 26 heavy (non-hydrogen) atoms. The van der Waals surface area contributed by atoms with E-state index in [1.807, 2.05) is 11.6 Å². The molecule has 0 saturated heterocycles. The molecule has 3 N–H and O–H groups in total. The fourth-order valence-electron chi connectivity index (χ4n) is 3.83. The van der Waals surface area contributed by atoms with Crippen LogP contribution in [0.4, 0.5) is 4.39 Å². The first kappa shape index (κ1) is 16.7. The number of nitrogens with one attached hydrogen (secondary N) is 2. The maximum atomic E-state index is 14.0. The summed E-state index contributed by atoms with van der Waals surface area (Å²) >= 11 is 0. The number of benzene rings is 1. The van der Waals surface area contributed by atoms with Crippen molar-refractivity contribution in [1.29, 1.82) is 0 Å². The third-order valence-corrected chi connectivity index (χ3v) is 5.19. The average Bonchev–Trinajstić information content (AvgIpc) is 3.31. The van der Waals surface area contributed by atoms with E-state index in [1.165, 1.54) is 12.3 Å². The van der Waals surface area contributed by atoms with Gasteiger partial charge in [0, 0.05) is 42.5 Å². The molecule has 1 saturated carbocycles. The molecule has 1 fully saturated rings. The van der Waals surface area contributed by atoms with Crippen LogP contribution in [0.3, 0.4) is 0 Å². The molecular weight excluding hydrogens is 337 g/mol. The predicted molar refractivity (Wildman–Crippen MR) is 93.1 cm³/mol. The Balaban J connectivity index is 1.44. The van der Waals surface area contributed by atoms with Crippen LogP contribution in [0.2, 0.25) is 0 Å². The summed E-state index contributed by atoms with van der Waals surface area (Å²) in [5.74, 6) is 0.102. The number of amides is 1. The lowest BCUT2D eigenvalue weighted by Crippen LogP contribution is -2.32. The number of halogens is 1. The number of aromatic nitrogens is 4. The first-order valence-electron chi connectivity index (χ1n) is 8.60. The van der Waals surface area contributed by atoms with Gasteiger partial charge < -0.3 is 20.0 Å². The number of aromatic amines is 1. The van der Waals surface area contributed by atoms with Gasteiger partial charge in [-0.3, -0.25) is 4.79 Å². The molecule has 1 aliphatic rings. The number of aliphatic hydroxyl groups excluding tert-OH is 1. The van der Waals surface area contributed by atoms with Crippen LogP contribution in [-0.4, -0.2) is 43.4 Å². The fourth-order valence-corrected chi connectivity index (χ4v) is 3.83. The van der Waals surface area contributed by atoms with Crippen molar-refractivity contribution in [3.63, 3.8) is 0 Å². The second-order valence-corrected chi connectivity index (χ2v) is 6.87. The molecule has 136 valence electrons. The van der Waals surface area contributed by atoms with E-state index in [4.69, 9.17) is 0 Å². The summed E-state index contributed by atoms with van der Waals surface area (Å²) < 4.78 is 15.9. The van der Waals surface area contributed by atoms with Crippen molar-refractivity contribution in [2.45, 2.75) is 24.9 Å². The maximum Gasteiger partial charge on any atom is 0.253 e. The number of hydrogen-bond acceptors (Lipinski definition) is 4. The van der Waals surface area contributed by atoms with Gasteiger partial charge in [-0.25, -0.2) is 4.39 Å². The molecule has 3 atom stereocenters. The first-order chi connectivity index (χ1) is 12.5. The molecule has 0 aliphatic heterocycles. The van der Waals surface area contributed by atoms with E-state index in [0.717, 1.165) is 12.2 Å². The quantitative estimate of drug-likeness (QED) is 0.662. The SMILES string of the molecule is Cn1cnnc1[C@H]1C[C@H](CNC(=O)c2c[nH]c3cccc(F)c23)[C@H](O)C1. The zero-order valence-corrected chi connectivity index (χ0v) is 14.3. The van der Waals surface area contributed by atoms with E-state index in [9.17, 15) is 14.3 Å². The van der Waals surface area contributed by atoms with Gasteiger partial charge in [0.2, 0.25) is 0 Å². The lowest BCUT2D eigenvalue weighted by molar-refractivity contribution is 0.0918. The molecular formula is C18H20FN5O2. The second kappa shape index (κ2) is 6.53. The van der Waals surface area contributed by atoms with Crippen molar-refractivity contribution in [2.75, 3.05) is 6.54 Å². The van der Waals surface area contributed by atoms with Crippen molar-refractivity contribution in [2.24, 2.45) is 13.0 Å². The summed E-state index contributed by atoms with van der Waals surface area (Å²) in [5.41, 5.74) is 0.855. The van der Waals surface area contributed by atoms with Crippen LogP contribution >= 0.6 is 0 Å². The number of rotatable bonds is 4. The molecule has 0 unspecified atom stereocenters. The molecule has 1 amide bonds. The van der Waals surface area contributed by atoms with Gasteiger partial charge in [0.25, 0.3) is 5.91 Å². The summed E-state index contributed by atoms with van der Waals surface area (Å²) in [5, 5.41) is 21.4. The Bertz CT molecular complexity index is 950. The summed E-state index contributed by atoms with van der Waals surface area (Å²) in [6.07, 6.45) is 3.95. The first-order valence-corrected chi connectivity index (χ1v) is 8.60. The largest absolute Gasteiger partial charge is 0.393 e. The molecule has 2 heterocycles. The van der Waals surface area contributed by atoms with Gasteiger partial charge in [0.1, 0.15) is 18.0 Å². The minimum atomic E-state index is -0.517. The van der Waals surface area contributed by atoms with Crippen LogP contribution in [-0.2, 0) is 7.05 Å². The monoisotopic (exact) mass is 357 g/mol. The van der Waals surface area contributed by atoms with Gasteiger partial charge in [0.15, 0.2) is 0 Å². The molecule has 4 rings (SSSR count). The van der Waals surface area contributed by atoms with Gasteiger partial charge in [-0.1, -0.05) is 6.07 Å². The highest BCUT2D eigenvalue weighted by atomic mass is 19.1. The standard InChI is InChI=1S/C18H20FN5O2/c1-24-9-22-23-17(24)10-5-11(15(25)6-10)7-21-18(26)12-8-20-14-4-2-3-13(19)16(12)14/h2-4,8-11,15,20,25H,5-7H2,1H3,(H,21,26)/t10-,11+,15+/m0/s1. The lowest BCUT2D eigenvalue weighted by atomic mass is 10.0. The molecule has 1 aliphatic carbocycles. The Kier molecular flexibility index (Phi) is 4.20. The fraction of sp³-hybridized carbons (Fsp3) is 0.389. The molecule has 7 nitrogen and oxygen atoms in total. The van der Waals surface area contributed by atoms with Gasteiger partial charge in [-0.2, -0.15) is 0 Å². The van der Waals surface area contributed by atoms with Gasteiger partial charge in [0.05, 0.1) is 11.7 Å². The average molecular weight is 357 g/mol. The van der Waals surface area contributed by atoms with Crippen molar-refractivity contribution >= 4 is 16.8 Å². The van der Waals surface area contributed by atoms with Crippen molar-refractivity contribution < 1.29 is 14.3 Å². The zero-order chi connectivity index (χ0) is 18.3. The molecule has 2 aromatic heterocycles. The van der Waals surface area contributed by atoms with E-state index >= 15 is 0 Å². The molecule has 3 aromatic rings. The van der Waals surface area contributed by atoms with Crippen LogP contribution in [0.1, 0.15) is 34.9 Å². The normalized spacial score (nSPS) is 22.8. The Morgan fingerprint density at radius 2 is 2.31 bits per heavy atom. The van der Waals surface area contributed by atoms with E-state index in [1.54, 1.807) is 18.5 Å². The highest BCUT2D eigenvalue weighted by Crippen LogP contribution is 2.37. The van der Waals surface area contributed by atoms with Gasteiger partial charge in [-0.05, 0) is 25.0 Å². The van der Waals surface area contributed by atoms with Gasteiger partial charge >= 0.3 is 0 Å². The number of H-pyrrole nitrogens is 1. The zero-order valence-electron chi connectivity index (χ0n) is 14.3. The van der Waals surface area contributed by atoms with Crippen LogP contribution in [0.25, 0.3) is 10.9 Å². The molecule has 1 aromatic carbocycles. The van der Waals surface area contributed by atoms with Crippen LogP contribution in [0, 0.1) is 11.7 Å². The minimum absolute atomic E-state index is 0.0734. The molecule has 8 heteroatoms. The van der Waals surface area contributed by atoms with E-state index in [-0.39, 0.29) is 28.7 Å². The number of carbonyl (C=O) groups excluding carboxylic acids is 1. The van der Waals surface area contributed by atoms with Crippen molar-refractivity contribution in [1.82, 2.24) is 25.1 Å². The van der Waals surface area contributed by atoms with E-state index in [0.29, 0.717) is 18.5 Å². The third kappa shape index (κ3) is 2.86. The predicted octanol–water partition coefficient (Wildman–Crippen LogP) is 1.72. The van der Waals surface area contributed by atoms with Crippen LogP contribution in [0.15, 0.2) is 30.7 Å². The second-order valence-electron chi connectivity index (χ2n) is 6.87. The Morgan fingerprint density at radius 1 is 1.46 bits per heavy atom. The van der Waals surface area contributed by atoms with E-state index in [2.05, 4.69) is 20.5 Å². The maximum absolute atomic E-state index is 14.0. The number of nitrogens with zero attached hydrogens (tertiary/aromatic N) is 3. The van der Waals surface area contributed by atoms with Crippen molar-refractivity contribution in [3.05, 3.63) is 47.9 Å². The smallest absolute Gasteiger partial charge is 0.253 e. The lowest BCUT2D eigenvalue weighted by Gasteiger charge is -2.15. The van der Waals surface area contributed by atoms with E-state index < -0.39 is 11.9 Å². The number of aliphatic hydroxyl groups is 1. The van der Waals surface area contributed by atoms with Crippen LogP contribution < -0.4 is 5.32 Å². The Labute approximate surface area is 149 Å². The molecule has 0 spiro atoms. The van der Waals surface area contributed by atoms with Gasteiger partial charge in [-0.15, -0.1) is 10.2 Å². The highest BCUT2D eigenvalue weighted by molar-refractivity contribution is 6.06. The Morgan fingerprint density at radius 3 is 3.08 bits per heavy atom. The topological polar surface area (TPSA) is 95.8 Å². The highest BCUT2D eigenvalue weighted by Gasteiger charge is 2.36. The summed E-state index contributed by atoms with van der Waals surface area (Å²) in [6.45, 7) is 0.329. The summed E-state index contributed by atoms with van der Waals surface area (Å²) in [6, 6.07) is 4.65.